The number of hydrogen-bond donors (Lipinski definition) is 1. The lowest BCUT2D eigenvalue weighted by Gasteiger charge is -2.17. The Bertz CT molecular complexity index is 494. The normalized spacial score (nSPS) is 12.3. The van der Waals surface area contributed by atoms with Gasteiger partial charge in [0.2, 0.25) is 0 Å². The predicted molar refractivity (Wildman–Crippen MR) is 80.2 cm³/mol. The molecule has 0 radical (unpaired) electrons. The fourth-order valence-electron chi connectivity index (χ4n) is 2.37. The maximum absolute atomic E-state index is 4.41. The number of benzene rings is 1. The Labute approximate surface area is 115 Å². The van der Waals surface area contributed by atoms with Gasteiger partial charge in [-0.15, -0.1) is 0 Å². The summed E-state index contributed by atoms with van der Waals surface area (Å²) in [4.78, 5) is 4.41. The van der Waals surface area contributed by atoms with Gasteiger partial charge < -0.3 is 5.32 Å². The molecular weight excluding hydrogens is 232 g/mol. The summed E-state index contributed by atoms with van der Waals surface area (Å²) in [5, 5.41) is 3.40. The third-order valence-electron chi connectivity index (χ3n) is 3.38. The van der Waals surface area contributed by atoms with Crippen LogP contribution in [-0.4, -0.2) is 12.0 Å². The highest BCUT2D eigenvalue weighted by Gasteiger charge is 2.11. The van der Waals surface area contributed by atoms with Crippen LogP contribution in [-0.2, 0) is 12.8 Å². The summed E-state index contributed by atoms with van der Waals surface area (Å²) in [6.07, 6.45) is 5.12. The van der Waals surface area contributed by atoms with E-state index < -0.39 is 0 Å². The maximum Gasteiger partial charge on any atom is 0.0422 e. The number of pyridine rings is 1. The van der Waals surface area contributed by atoms with Gasteiger partial charge in [-0.05, 0) is 36.7 Å². The van der Waals surface area contributed by atoms with Crippen molar-refractivity contribution in [3.05, 3.63) is 65.5 Å². The van der Waals surface area contributed by atoms with Crippen LogP contribution >= 0.6 is 0 Å². The molecule has 1 aromatic heterocycles. The predicted octanol–water partition coefficient (Wildman–Crippen LogP) is 3.54. The molecule has 2 nitrogen and oxygen atoms in total. The third kappa shape index (κ3) is 3.90. The van der Waals surface area contributed by atoms with Gasteiger partial charge in [0.25, 0.3) is 0 Å². The minimum absolute atomic E-state index is 0.326. The molecule has 0 aliphatic heterocycles. The first-order chi connectivity index (χ1) is 9.33. The quantitative estimate of drug-likeness (QED) is 0.853. The molecule has 0 bridgehead atoms. The Kier molecular flexibility index (Phi) is 5.10. The molecule has 0 aliphatic carbocycles. The second kappa shape index (κ2) is 7.05. The van der Waals surface area contributed by atoms with Crippen LogP contribution in [0.3, 0.4) is 0 Å². The van der Waals surface area contributed by atoms with Crippen molar-refractivity contribution in [2.75, 3.05) is 7.05 Å². The van der Waals surface area contributed by atoms with E-state index in [1.54, 1.807) is 0 Å². The molecule has 0 amide bonds. The molecule has 1 unspecified atom stereocenters. The number of aromatic nitrogens is 1. The van der Waals surface area contributed by atoms with E-state index >= 15 is 0 Å². The van der Waals surface area contributed by atoms with Gasteiger partial charge in [-0.1, -0.05) is 43.7 Å². The highest BCUT2D eigenvalue weighted by molar-refractivity contribution is 5.27. The Morgan fingerprint density at radius 1 is 1.16 bits per heavy atom. The lowest BCUT2D eigenvalue weighted by Crippen LogP contribution is -2.19. The summed E-state index contributed by atoms with van der Waals surface area (Å²) in [6, 6.07) is 15.3. The van der Waals surface area contributed by atoms with Gasteiger partial charge in [-0.25, -0.2) is 0 Å². The van der Waals surface area contributed by atoms with Crippen molar-refractivity contribution in [1.29, 1.82) is 0 Å². The zero-order valence-corrected chi connectivity index (χ0v) is 11.8. The third-order valence-corrected chi connectivity index (χ3v) is 3.38. The molecule has 19 heavy (non-hydrogen) atoms. The van der Waals surface area contributed by atoms with E-state index in [9.17, 15) is 0 Å². The van der Waals surface area contributed by atoms with Crippen molar-refractivity contribution in [1.82, 2.24) is 10.3 Å². The van der Waals surface area contributed by atoms with E-state index in [-0.39, 0.29) is 0 Å². The van der Waals surface area contributed by atoms with E-state index in [1.165, 1.54) is 17.5 Å². The molecule has 0 aliphatic rings. The summed E-state index contributed by atoms with van der Waals surface area (Å²) in [6.45, 7) is 2.22. The van der Waals surface area contributed by atoms with Gasteiger partial charge in [-0.2, -0.15) is 0 Å². The summed E-state index contributed by atoms with van der Waals surface area (Å²) >= 11 is 0. The van der Waals surface area contributed by atoms with Crippen LogP contribution in [0.15, 0.2) is 48.7 Å². The van der Waals surface area contributed by atoms with Gasteiger partial charge in [0.15, 0.2) is 0 Å². The van der Waals surface area contributed by atoms with E-state index in [1.807, 2.05) is 25.4 Å². The van der Waals surface area contributed by atoms with Crippen molar-refractivity contribution in [3.8, 4) is 0 Å². The first kappa shape index (κ1) is 13.8. The molecule has 2 aromatic rings. The monoisotopic (exact) mass is 254 g/mol. The van der Waals surface area contributed by atoms with Gasteiger partial charge in [0.1, 0.15) is 0 Å². The van der Waals surface area contributed by atoms with Crippen LogP contribution in [0.25, 0.3) is 0 Å². The molecule has 0 saturated heterocycles. The lowest BCUT2D eigenvalue weighted by atomic mass is 9.98. The summed E-state index contributed by atoms with van der Waals surface area (Å²) in [7, 11) is 2.01. The van der Waals surface area contributed by atoms with Gasteiger partial charge in [-0.3, -0.25) is 4.98 Å². The fourth-order valence-corrected chi connectivity index (χ4v) is 2.37. The molecule has 1 N–H and O–H groups in total. The fraction of sp³-hybridized carbons (Fsp3) is 0.353. The number of nitrogens with zero attached hydrogens (tertiary/aromatic N) is 1. The SMILES string of the molecule is CCCc1cccc(C(Cc2ccccn2)NC)c1. The second-order valence-electron chi connectivity index (χ2n) is 4.86. The average molecular weight is 254 g/mol. The van der Waals surface area contributed by atoms with Crippen LogP contribution in [0, 0.1) is 0 Å². The van der Waals surface area contributed by atoms with Crippen LogP contribution < -0.4 is 5.32 Å². The van der Waals surface area contributed by atoms with Gasteiger partial charge in [0, 0.05) is 24.4 Å². The Morgan fingerprint density at radius 2 is 2.05 bits per heavy atom. The average Bonchev–Trinajstić information content (AvgIpc) is 2.46. The van der Waals surface area contributed by atoms with Crippen LogP contribution in [0.2, 0.25) is 0 Å². The molecule has 1 aromatic carbocycles. The molecule has 0 saturated carbocycles. The minimum Gasteiger partial charge on any atom is -0.313 e. The molecule has 0 spiro atoms. The zero-order chi connectivity index (χ0) is 13.5. The van der Waals surface area contributed by atoms with Crippen LogP contribution in [0.4, 0.5) is 0 Å². The standard InChI is InChI=1S/C17H22N2/c1-3-7-14-8-6-9-15(12-14)17(18-2)13-16-10-4-5-11-19-16/h4-6,8-12,17-18H,3,7,13H2,1-2H3. The number of rotatable bonds is 6. The molecule has 1 atom stereocenters. The largest absolute Gasteiger partial charge is 0.313 e. The van der Waals surface area contributed by atoms with E-state index in [0.29, 0.717) is 6.04 Å². The van der Waals surface area contributed by atoms with Crippen molar-refractivity contribution >= 4 is 0 Å². The number of hydrogen-bond acceptors (Lipinski definition) is 2. The molecule has 2 rings (SSSR count). The molecule has 0 fully saturated rings. The van der Waals surface area contributed by atoms with Crippen LogP contribution in [0.1, 0.15) is 36.2 Å². The van der Waals surface area contributed by atoms with Crippen molar-refractivity contribution < 1.29 is 0 Å². The highest BCUT2D eigenvalue weighted by atomic mass is 14.9. The highest BCUT2D eigenvalue weighted by Crippen LogP contribution is 2.19. The van der Waals surface area contributed by atoms with Crippen LogP contribution in [0.5, 0.6) is 0 Å². The van der Waals surface area contributed by atoms with E-state index in [4.69, 9.17) is 0 Å². The first-order valence-corrected chi connectivity index (χ1v) is 6.99. The zero-order valence-electron chi connectivity index (χ0n) is 11.8. The molecular formula is C17H22N2. The summed E-state index contributed by atoms with van der Waals surface area (Å²) in [5.41, 5.74) is 3.89. The lowest BCUT2D eigenvalue weighted by molar-refractivity contribution is 0.583. The number of aryl methyl sites for hydroxylation is 1. The number of likely N-dealkylation sites (N-methyl/N-ethyl adjacent to an activating group) is 1. The smallest absolute Gasteiger partial charge is 0.0422 e. The van der Waals surface area contributed by atoms with E-state index in [2.05, 4.69) is 47.6 Å². The first-order valence-electron chi connectivity index (χ1n) is 6.99. The minimum atomic E-state index is 0.326. The second-order valence-corrected chi connectivity index (χ2v) is 4.86. The summed E-state index contributed by atoms with van der Waals surface area (Å²) < 4.78 is 0. The number of nitrogens with one attached hydrogen (secondary N) is 1. The topological polar surface area (TPSA) is 24.9 Å². The van der Waals surface area contributed by atoms with Gasteiger partial charge >= 0.3 is 0 Å². The summed E-state index contributed by atoms with van der Waals surface area (Å²) in [5.74, 6) is 0. The Morgan fingerprint density at radius 3 is 2.74 bits per heavy atom. The maximum atomic E-state index is 4.41. The van der Waals surface area contributed by atoms with Crippen molar-refractivity contribution in [3.63, 3.8) is 0 Å². The van der Waals surface area contributed by atoms with Gasteiger partial charge in [0.05, 0.1) is 0 Å². The molecule has 2 heteroatoms. The Balaban J connectivity index is 2.15. The van der Waals surface area contributed by atoms with Crippen molar-refractivity contribution in [2.24, 2.45) is 0 Å². The Hall–Kier alpha value is -1.67. The molecule has 1 heterocycles. The molecule has 100 valence electrons. The van der Waals surface area contributed by atoms with Crippen molar-refractivity contribution in [2.45, 2.75) is 32.2 Å². The van der Waals surface area contributed by atoms with E-state index in [0.717, 1.165) is 18.5 Å².